The average molecular weight is 302 g/mol. The largest absolute Gasteiger partial charge is 0.449 e. The van der Waals surface area contributed by atoms with Gasteiger partial charge in [-0.3, -0.25) is 4.79 Å². The van der Waals surface area contributed by atoms with Crippen molar-refractivity contribution in [2.45, 2.75) is 13.3 Å². The van der Waals surface area contributed by atoms with Crippen molar-refractivity contribution in [2.75, 3.05) is 26.2 Å². The zero-order valence-electron chi connectivity index (χ0n) is 12.4. The highest BCUT2D eigenvalue weighted by Gasteiger charge is 2.19. The first-order valence-corrected chi connectivity index (χ1v) is 7.29. The number of aryl methyl sites for hydroxylation is 1. The molecule has 3 heterocycles. The molecule has 0 aliphatic carbocycles. The van der Waals surface area contributed by atoms with Gasteiger partial charge < -0.3 is 19.4 Å². The minimum absolute atomic E-state index is 0.168. The summed E-state index contributed by atoms with van der Waals surface area (Å²) in [5, 5.41) is 2.82. The van der Waals surface area contributed by atoms with Gasteiger partial charge in [-0.25, -0.2) is 9.78 Å². The number of hydrogen-bond acceptors (Lipinski definition) is 4. The van der Waals surface area contributed by atoms with Crippen molar-refractivity contribution in [1.82, 2.24) is 19.6 Å². The SMILES string of the molecule is Cc1cn2cc(C(=O)NCCN3CCCOC3=O)ccc2n1. The summed E-state index contributed by atoms with van der Waals surface area (Å²) in [5.41, 5.74) is 2.28. The van der Waals surface area contributed by atoms with Crippen LogP contribution < -0.4 is 5.32 Å². The van der Waals surface area contributed by atoms with Crippen LogP contribution in [0.15, 0.2) is 24.5 Å². The van der Waals surface area contributed by atoms with Crippen molar-refractivity contribution < 1.29 is 14.3 Å². The summed E-state index contributed by atoms with van der Waals surface area (Å²) in [6, 6.07) is 3.55. The molecule has 0 saturated carbocycles. The second kappa shape index (κ2) is 6.05. The Morgan fingerprint density at radius 1 is 1.41 bits per heavy atom. The zero-order chi connectivity index (χ0) is 15.5. The molecule has 116 valence electrons. The molecule has 2 aromatic rings. The highest BCUT2D eigenvalue weighted by atomic mass is 16.6. The summed E-state index contributed by atoms with van der Waals surface area (Å²) in [6.45, 7) is 3.91. The topological polar surface area (TPSA) is 75.9 Å². The molecule has 7 heteroatoms. The molecule has 22 heavy (non-hydrogen) atoms. The van der Waals surface area contributed by atoms with E-state index >= 15 is 0 Å². The Morgan fingerprint density at radius 2 is 2.27 bits per heavy atom. The number of nitrogens with one attached hydrogen (secondary N) is 1. The number of aromatic nitrogens is 2. The van der Waals surface area contributed by atoms with Crippen molar-refractivity contribution >= 4 is 17.6 Å². The molecule has 1 N–H and O–H groups in total. The van der Waals surface area contributed by atoms with Crippen LogP contribution in [-0.4, -0.2) is 52.5 Å². The number of ether oxygens (including phenoxy) is 1. The van der Waals surface area contributed by atoms with Crippen LogP contribution in [0.2, 0.25) is 0 Å². The van der Waals surface area contributed by atoms with Crippen molar-refractivity contribution in [2.24, 2.45) is 0 Å². The molecule has 0 atom stereocenters. The van der Waals surface area contributed by atoms with Crippen LogP contribution >= 0.6 is 0 Å². The fourth-order valence-corrected chi connectivity index (χ4v) is 2.46. The number of rotatable bonds is 4. The van der Waals surface area contributed by atoms with Gasteiger partial charge >= 0.3 is 6.09 Å². The maximum absolute atomic E-state index is 12.1. The zero-order valence-corrected chi connectivity index (χ0v) is 12.4. The van der Waals surface area contributed by atoms with Gasteiger partial charge in [0.15, 0.2) is 0 Å². The quantitative estimate of drug-likeness (QED) is 0.921. The highest BCUT2D eigenvalue weighted by Crippen LogP contribution is 2.07. The van der Waals surface area contributed by atoms with E-state index < -0.39 is 0 Å². The molecular weight excluding hydrogens is 284 g/mol. The first-order chi connectivity index (χ1) is 10.6. The smallest absolute Gasteiger partial charge is 0.409 e. The van der Waals surface area contributed by atoms with Gasteiger partial charge in [0.05, 0.1) is 17.9 Å². The molecule has 1 saturated heterocycles. The summed E-state index contributed by atoms with van der Waals surface area (Å²) in [4.78, 5) is 29.5. The van der Waals surface area contributed by atoms with E-state index in [2.05, 4.69) is 10.3 Å². The number of amides is 2. The number of pyridine rings is 1. The Bertz CT molecular complexity index is 710. The van der Waals surface area contributed by atoms with Crippen molar-refractivity contribution in [3.05, 3.63) is 35.8 Å². The minimum atomic E-state index is -0.309. The summed E-state index contributed by atoms with van der Waals surface area (Å²) in [5.74, 6) is -0.168. The van der Waals surface area contributed by atoms with E-state index in [0.717, 1.165) is 17.8 Å². The summed E-state index contributed by atoms with van der Waals surface area (Å²) < 4.78 is 6.77. The lowest BCUT2D eigenvalue weighted by molar-refractivity contribution is 0.0719. The molecule has 1 aliphatic heterocycles. The summed E-state index contributed by atoms with van der Waals surface area (Å²) in [7, 11) is 0. The Morgan fingerprint density at radius 3 is 3.09 bits per heavy atom. The van der Waals surface area contributed by atoms with E-state index in [9.17, 15) is 9.59 Å². The van der Waals surface area contributed by atoms with E-state index in [-0.39, 0.29) is 12.0 Å². The van der Waals surface area contributed by atoms with Crippen LogP contribution in [0.4, 0.5) is 4.79 Å². The van der Waals surface area contributed by atoms with Gasteiger partial charge in [0.25, 0.3) is 5.91 Å². The molecule has 1 fully saturated rings. The van der Waals surface area contributed by atoms with Gasteiger partial charge in [-0.2, -0.15) is 0 Å². The van der Waals surface area contributed by atoms with Gasteiger partial charge in [0, 0.05) is 32.0 Å². The van der Waals surface area contributed by atoms with Gasteiger partial charge in [-0.05, 0) is 25.5 Å². The average Bonchev–Trinajstić information content (AvgIpc) is 2.88. The summed E-state index contributed by atoms with van der Waals surface area (Å²) in [6.07, 6.45) is 4.14. The third-order valence-corrected chi connectivity index (χ3v) is 3.56. The van der Waals surface area contributed by atoms with Crippen LogP contribution in [0.5, 0.6) is 0 Å². The number of imidazole rings is 1. The van der Waals surface area contributed by atoms with Gasteiger partial charge in [0.1, 0.15) is 5.65 Å². The second-order valence-electron chi connectivity index (χ2n) is 5.28. The fraction of sp³-hybridized carbons (Fsp3) is 0.400. The molecule has 1 aliphatic rings. The molecular formula is C15H18N4O3. The molecule has 2 aromatic heterocycles. The molecule has 3 rings (SSSR count). The van der Waals surface area contributed by atoms with E-state index in [1.807, 2.05) is 23.6 Å². The molecule has 0 spiro atoms. The predicted molar refractivity (Wildman–Crippen MR) is 79.8 cm³/mol. The van der Waals surface area contributed by atoms with Crippen molar-refractivity contribution in [1.29, 1.82) is 0 Å². The number of cyclic esters (lactones) is 1. The number of nitrogens with zero attached hydrogens (tertiary/aromatic N) is 3. The molecule has 0 unspecified atom stereocenters. The molecule has 0 aromatic carbocycles. The normalized spacial score (nSPS) is 15.0. The molecule has 2 amide bonds. The maximum Gasteiger partial charge on any atom is 0.409 e. The monoisotopic (exact) mass is 302 g/mol. The lowest BCUT2D eigenvalue weighted by atomic mass is 10.2. The second-order valence-corrected chi connectivity index (χ2v) is 5.28. The Labute approximate surface area is 127 Å². The van der Waals surface area contributed by atoms with E-state index in [1.165, 1.54) is 0 Å². The van der Waals surface area contributed by atoms with Crippen LogP contribution in [0.25, 0.3) is 5.65 Å². The van der Waals surface area contributed by atoms with Gasteiger partial charge in [-0.1, -0.05) is 0 Å². The first kappa shape index (κ1) is 14.4. The first-order valence-electron chi connectivity index (χ1n) is 7.29. The number of hydrogen-bond donors (Lipinski definition) is 1. The highest BCUT2D eigenvalue weighted by molar-refractivity contribution is 5.94. The molecule has 0 radical (unpaired) electrons. The third-order valence-electron chi connectivity index (χ3n) is 3.56. The molecule has 7 nitrogen and oxygen atoms in total. The maximum atomic E-state index is 12.1. The Balaban J connectivity index is 1.57. The van der Waals surface area contributed by atoms with Crippen LogP contribution in [0, 0.1) is 6.92 Å². The van der Waals surface area contributed by atoms with E-state index in [0.29, 0.717) is 31.8 Å². The minimum Gasteiger partial charge on any atom is -0.449 e. The summed E-state index contributed by atoms with van der Waals surface area (Å²) >= 11 is 0. The fourth-order valence-electron chi connectivity index (χ4n) is 2.46. The number of carbonyl (C=O) groups excluding carboxylic acids is 2. The lowest BCUT2D eigenvalue weighted by Gasteiger charge is -2.26. The Kier molecular flexibility index (Phi) is 3.95. The van der Waals surface area contributed by atoms with Crippen molar-refractivity contribution in [3.63, 3.8) is 0 Å². The van der Waals surface area contributed by atoms with E-state index in [1.54, 1.807) is 17.2 Å². The van der Waals surface area contributed by atoms with E-state index in [4.69, 9.17) is 4.74 Å². The standard InChI is InChI=1S/C15H18N4O3/c1-11-9-19-10-12(3-4-13(19)17-11)14(20)16-5-7-18-6-2-8-22-15(18)21/h3-4,9-10H,2,5-8H2,1H3,(H,16,20). The third kappa shape index (κ3) is 3.03. The van der Waals surface area contributed by atoms with Crippen LogP contribution in [0.3, 0.4) is 0 Å². The number of carbonyl (C=O) groups is 2. The Hall–Kier alpha value is -2.57. The van der Waals surface area contributed by atoms with Gasteiger partial charge in [-0.15, -0.1) is 0 Å². The predicted octanol–water partition coefficient (Wildman–Crippen LogP) is 1.21. The van der Waals surface area contributed by atoms with Crippen molar-refractivity contribution in [3.8, 4) is 0 Å². The lowest BCUT2D eigenvalue weighted by Crippen LogP contribution is -2.42. The van der Waals surface area contributed by atoms with Crippen LogP contribution in [-0.2, 0) is 4.74 Å². The van der Waals surface area contributed by atoms with Crippen LogP contribution in [0.1, 0.15) is 22.5 Å². The molecule has 0 bridgehead atoms. The van der Waals surface area contributed by atoms with Gasteiger partial charge in [0.2, 0.25) is 0 Å². The number of fused-ring (bicyclic) bond motifs is 1.